The quantitative estimate of drug-likeness (QED) is 0.510. The largest absolute Gasteiger partial charge is 0.454 e. The molecule has 0 aliphatic carbocycles. The van der Waals surface area contributed by atoms with Crippen LogP contribution in [0.1, 0.15) is 15.9 Å². The van der Waals surface area contributed by atoms with E-state index in [2.05, 4.69) is 10.5 Å². The third-order valence-corrected chi connectivity index (χ3v) is 2.98. The minimum atomic E-state index is -0.356. The molecule has 0 saturated carbocycles. The molecule has 1 aliphatic heterocycles. The van der Waals surface area contributed by atoms with Gasteiger partial charge in [0.1, 0.15) is 0 Å². The number of nitrogens with one attached hydrogen (secondary N) is 1. The molecule has 1 amide bonds. The smallest absolute Gasteiger partial charge is 0.273 e. The van der Waals surface area contributed by atoms with E-state index in [0.29, 0.717) is 22.7 Å². The molecule has 0 radical (unpaired) electrons. The summed E-state index contributed by atoms with van der Waals surface area (Å²) >= 11 is 0. The summed E-state index contributed by atoms with van der Waals surface area (Å²) in [5.74, 6) is 1.01. The first-order valence-corrected chi connectivity index (χ1v) is 6.31. The Bertz CT molecular complexity index is 713. The van der Waals surface area contributed by atoms with E-state index in [-0.39, 0.29) is 12.7 Å². The molecular formula is C15H13N3O3. The number of nitrogens with zero attached hydrogens (tertiary/aromatic N) is 1. The fourth-order valence-electron chi connectivity index (χ4n) is 1.92. The van der Waals surface area contributed by atoms with Crippen LogP contribution in [0.25, 0.3) is 0 Å². The fourth-order valence-corrected chi connectivity index (χ4v) is 1.92. The van der Waals surface area contributed by atoms with Crippen molar-refractivity contribution in [2.24, 2.45) is 5.10 Å². The molecule has 2 aromatic carbocycles. The summed E-state index contributed by atoms with van der Waals surface area (Å²) in [6, 6.07) is 12.2. The molecule has 106 valence electrons. The number of ether oxygens (including phenoxy) is 2. The van der Waals surface area contributed by atoms with Crippen molar-refractivity contribution in [2.75, 3.05) is 12.5 Å². The lowest BCUT2D eigenvalue weighted by Gasteiger charge is -2.03. The second-order valence-corrected chi connectivity index (χ2v) is 4.40. The third-order valence-electron chi connectivity index (χ3n) is 2.98. The Balaban J connectivity index is 1.67. The fraction of sp³-hybridized carbons (Fsp3) is 0.0667. The normalized spacial score (nSPS) is 12.6. The van der Waals surface area contributed by atoms with Crippen LogP contribution in [0.4, 0.5) is 5.69 Å². The SMILES string of the molecule is Nc1ccccc1C(=O)N/N=C\c1ccc2c(c1)OCO2. The average molecular weight is 283 g/mol. The summed E-state index contributed by atoms with van der Waals surface area (Å²) in [6.45, 7) is 0.222. The van der Waals surface area contributed by atoms with Crippen LogP contribution in [-0.4, -0.2) is 18.9 Å². The number of hydrazone groups is 1. The highest BCUT2D eigenvalue weighted by atomic mass is 16.7. The Morgan fingerprint density at radius 1 is 1.19 bits per heavy atom. The van der Waals surface area contributed by atoms with Gasteiger partial charge >= 0.3 is 0 Å². The Morgan fingerprint density at radius 2 is 2.00 bits per heavy atom. The molecule has 3 N–H and O–H groups in total. The Morgan fingerprint density at radius 3 is 2.86 bits per heavy atom. The molecule has 21 heavy (non-hydrogen) atoms. The van der Waals surface area contributed by atoms with E-state index in [1.54, 1.807) is 36.4 Å². The summed E-state index contributed by atoms with van der Waals surface area (Å²) < 4.78 is 10.5. The number of hydrogen-bond donors (Lipinski definition) is 2. The number of carbonyl (C=O) groups excluding carboxylic acids is 1. The van der Waals surface area contributed by atoms with Gasteiger partial charge in [-0.15, -0.1) is 0 Å². The number of rotatable bonds is 3. The van der Waals surface area contributed by atoms with Crippen molar-refractivity contribution in [1.29, 1.82) is 0 Å². The molecule has 6 nitrogen and oxygen atoms in total. The van der Waals surface area contributed by atoms with Gasteiger partial charge < -0.3 is 15.2 Å². The molecule has 6 heteroatoms. The van der Waals surface area contributed by atoms with Crippen LogP contribution in [-0.2, 0) is 0 Å². The zero-order chi connectivity index (χ0) is 14.7. The first kappa shape index (κ1) is 13.0. The number of carbonyl (C=O) groups is 1. The molecule has 0 unspecified atom stereocenters. The van der Waals surface area contributed by atoms with Gasteiger partial charge in [0.25, 0.3) is 5.91 Å². The zero-order valence-corrected chi connectivity index (χ0v) is 11.1. The van der Waals surface area contributed by atoms with E-state index < -0.39 is 0 Å². The second kappa shape index (κ2) is 5.54. The van der Waals surface area contributed by atoms with Crippen LogP contribution in [0, 0.1) is 0 Å². The van der Waals surface area contributed by atoms with Crippen molar-refractivity contribution in [2.45, 2.75) is 0 Å². The van der Waals surface area contributed by atoms with Gasteiger partial charge in [-0.2, -0.15) is 5.10 Å². The predicted molar refractivity (Wildman–Crippen MR) is 78.5 cm³/mol. The molecule has 0 bridgehead atoms. The number of para-hydroxylation sites is 1. The number of nitrogen functional groups attached to an aromatic ring is 1. The lowest BCUT2D eigenvalue weighted by atomic mass is 10.2. The molecule has 0 saturated heterocycles. The highest BCUT2D eigenvalue weighted by Crippen LogP contribution is 2.31. The standard InChI is InChI=1S/C15H13N3O3/c16-12-4-2-1-3-11(12)15(19)18-17-8-10-5-6-13-14(7-10)21-9-20-13/h1-8H,9,16H2,(H,18,19)/b17-8-. The third kappa shape index (κ3) is 2.79. The summed E-state index contributed by atoms with van der Waals surface area (Å²) in [7, 11) is 0. The summed E-state index contributed by atoms with van der Waals surface area (Å²) in [4.78, 5) is 11.9. The molecule has 0 fully saturated rings. The van der Waals surface area contributed by atoms with E-state index in [1.165, 1.54) is 6.21 Å². The van der Waals surface area contributed by atoms with Crippen LogP contribution >= 0.6 is 0 Å². The second-order valence-electron chi connectivity index (χ2n) is 4.40. The van der Waals surface area contributed by atoms with Crippen molar-refractivity contribution in [3.05, 3.63) is 53.6 Å². The minimum Gasteiger partial charge on any atom is -0.454 e. The lowest BCUT2D eigenvalue weighted by Crippen LogP contribution is -2.18. The van der Waals surface area contributed by atoms with Gasteiger partial charge in [-0.05, 0) is 35.9 Å². The minimum absolute atomic E-state index is 0.222. The maximum absolute atomic E-state index is 11.9. The molecule has 1 heterocycles. The van der Waals surface area contributed by atoms with Crippen molar-refractivity contribution >= 4 is 17.8 Å². The van der Waals surface area contributed by atoms with Crippen LogP contribution in [0.5, 0.6) is 11.5 Å². The number of fused-ring (bicyclic) bond motifs is 1. The van der Waals surface area contributed by atoms with E-state index >= 15 is 0 Å². The molecule has 0 aromatic heterocycles. The van der Waals surface area contributed by atoms with Crippen molar-refractivity contribution in [1.82, 2.24) is 5.43 Å². The maximum Gasteiger partial charge on any atom is 0.273 e. The number of anilines is 1. The Hall–Kier alpha value is -3.02. The van der Waals surface area contributed by atoms with Crippen molar-refractivity contribution in [3.8, 4) is 11.5 Å². The van der Waals surface area contributed by atoms with Gasteiger partial charge in [0.15, 0.2) is 11.5 Å². The maximum atomic E-state index is 11.9. The average Bonchev–Trinajstić information content (AvgIpc) is 2.95. The predicted octanol–water partition coefficient (Wildman–Crippen LogP) is 1.76. The van der Waals surface area contributed by atoms with Gasteiger partial charge in [-0.1, -0.05) is 12.1 Å². The monoisotopic (exact) mass is 283 g/mol. The highest BCUT2D eigenvalue weighted by Gasteiger charge is 2.12. The summed E-state index contributed by atoms with van der Waals surface area (Å²) in [6.07, 6.45) is 1.53. The molecule has 2 aromatic rings. The number of nitrogens with two attached hydrogens (primary N) is 1. The van der Waals surface area contributed by atoms with Crippen molar-refractivity contribution < 1.29 is 14.3 Å². The van der Waals surface area contributed by atoms with Crippen LogP contribution in [0.15, 0.2) is 47.6 Å². The first-order valence-electron chi connectivity index (χ1n) is 6.31. The van der Waals surface area contributed by atoms with Gasteiger partial charge in [-0.25, -0.2) is 5.43 Å². The zero-order valence-electron chi connectivity index (χ0n) is 11.1. The van der Waals surface area contributed by atoms with E-state index in [4.69, 9.17) is 15.2 Å². The van der Waals surface area contributed by atoms with Crippen LogP contribution < -0.4 is 20.6 Å². The van der Waals surface area contributed by atoms with E-state index in [0.717, 1.165) is 5.56 Å². The lowest BCUT2D eigenvalue weighted by molar-refractivity contribution is 0.0956. The first-order chi connectivity index (χ1) is 10.2. The molecule has 1 aliphatic rings. The molecule has 3 rings (SSSR count). The van der Waals surface area contributed by atoms with Crippen LogP contribution in [0.3, 0.4) is 0 Å². The molecule has 0 atom stereocenters. The van der Waals surface area contributed by atoms with E-state index in [9.17, 15) is 4.79 Å². The summed E-state index contributed by atoms with van der Waals surface area (Å²) in [5, 5.41) is 3.91. The van der Waals surface area contributed by atoms with Gasteiger partial charge in [-0.3, -0.25) is 4.79 Å². The topological polar surface area (TPSA) is 85.9 Å². The van der Waals surface area contributed by atoms with E-state index in [1.807, 2.05) is 6.07 Å². The molecule has 0 spiro atoms. The number of amides is 1. The highest BCUT2D eigenvalue weighted by molar-refractivity contribution is 5.99. The van der Waals surface area contributed by atoms with Gasteiger partial charge in [0.05, 0.1) is 11.8 Å². The Kier molecular flexibility index (Phi) is 3.42. The summed E-state index contributed by atoms with van der Waals surface area (Å²) in [5.41, 5.74) is 9.75. The van der Waals surface area contributed by atoms with Gasteiger partial charge in [0.2, 0.25) is 6.79 Å². The molecular weight excluding hydrogens is 270 g/mol. The Labute approximate surface area is 121 Å². The number of benzene rings is 2. The van der Waals surface area contributed by atoms with Crippen molar-refractivity contribution in [3.63, 3.8) is 0 Å². The van der Waals surface area contributed by atoms with Gasteiger partial charge in [0, 0.05) is 5.69 Å². The van der Waals surface area contributed by atoms with Crippen LogP contribution in [0.2, 0.25) is 0 Å². The number of hydrogen-bond acceptors (Lipinski definition) is 5.